The number of pyridine rings is 1. The van der Waals surface area contributed by atoms with Gasteiger partial charge in [-0.2, -0.15) is 0 Å². The molecular weight excluding hydrogens is 310 g/mol. The first-order valence-corrected chi connectivity index (χ1v) is 7.46. The third kappa shape index (κ3) is 5.99. The summed E-state index contributed by atoms with van der Waals surface area (Å²) in [6.07, 6.45) is 2.18. The molecule has 0 aliphatic heterocycles. The molecule has 0 aliphatic rings. The maximum Gasteiger partial charge on any atom is 0.160 e. The first kappa shape index (κ1) is 16.6. The van der Waals surface area contributed by atoms with E-state index >= 15 is 0 Å². The van der Waals surface area contributed by atoms with E-state index in [0.29, 0.717) is 26.2 Å². The van der Waals surface area contributed by atoms with E-state index in [-0.39, 0.29) is 12.4 Å². The standard InChI is InChI=1S/C14H22BrNO3/c1-4-17-12(9-14(18-5-2)19-6-3)11-7-8-13(15)16-10-11/h7-8,10,12,14H,4-6,9H2,1-3H3. The van der Waals surface area contributed by atoms with Gasteiger partial charge in [0.1, 0.15) is 4.60 Å². The minimum Gasteiger partial charge on any atom is -0.374 e. The molecule has 0 fully saturated rings. The van der Waals surface area contributed by atoms with Gasteiger partial charge in [-0.25, -0.2) is 4.98 Å². The number of nitrogens with zero attached hydrogens (tertiary/aromatic N) is 1. The summed E-state index contributed by atoms with van der Waals surface area (Å²) in [5, 5.41) is 0. The molecule has 1 unspecified atom stereocenters. The van der Waals surface area contributed by atoms with Crippen LogP contribution in [0.25, 0.3) is 0 Å². The molecule has 0 aromatic carbocycles. The lowest BCUT2D eigenvalue weighted by molar-refractivity contribution is -0.158. The van der Waals surface area contributed by atoms with Gasteiger partial charge >= 0.3 is 0 Å². The number of hydrogen-bond acceptors (Lipinski definition) is 4. The summed E-state index contributed by atoms with van der Waals surface area (Å²) in [5.41, 5.74) is 1.04. The maximum absolute atomic E-state index is 5.78. The van der Waals surface area contributed by atoms with Gasteiger partial charge in [0.2, 0.25) is 0 Å². The molecule has 1 aromatic rings. The molecule has 108 valence electrons. The Hall–Kier alpha value is -0.490. The van der Waals surface area contributed by atoms with Gasteiger partial charge in [0.25, 0.3) is 0 Å². The van der Waals surface area contributed by atoms with Crippen molar-refractivity contribution >= 4 is 15.9 Å². The highest BCUT2D eigenvalue weighted by atomic mass is 79.9. The first-order chi connectivity index (χ1) is 9.21. The predicted octanol–water partition coefficient (Wildman–Crippen LogP) is 3.71. The fourth-order valence-corrected chi connectivity index (χ4v) is 2.04. The third-order valence-corrected chi connectivity index (χ3v) is 3.07. The van der Waals surface area contributed by atoms with Gasteiger partial charge in [-0.1, -0.05) is 6.07 Å². The van der Waals surface area contributed by atoms with Crippen LogP contribution in [0.2, 0.25) is 0 Å². The van der Waals surface area contributed by atoms with Crippen LogP contribution in [0.1, 0.15) is 38.9 Å². The Morgan fingerprint density at radius 3 is 2.16 bits per heavy atom. The van der Waals surface area contributed by atoms with Crippen molar-refractivity contribution in [1.82, 2.24) is 4.98 Å². The Morgan fingerprint density at radius 1 is 1.05 bits per heavy atom. The van der Waals surface area contributed by atoms with Crippen molar-refractivity contribution in [2.75, 3.05) is 19.8 Å². The van der Waals surface area contributed by atoms with Crippen molar-refractivity contribution in [1.29, 1.82) is 0 Å². The molecule has 5 heteroatoms. The fraction of sp³-hybridized carbons (Fsp3) is 0.643. The number of rotatable bonds is 9. The molecule has 1 rings (SSSR count). The zero-order chi connectivity index (χ0) is 14.1. The fourth-order valence-electron chi connectivity index (χ4n) is 1.81. The average Bonchev–Trinajstić information content (AvgIpc) is 2.40. The van der Waals surface area contributed by atoms with E-state index in [2.05, 4.69) is 20.9 Å². The van der Waals surface area contributed by atoms with Gasteiger partial charge in [0.15, 0.2) is 6.29 Å². The predicted molar refractivity (Wildman–Crippen MR) is 78.0 cm³/mol. The van der Waals surface area contributed by atoms with Crippen LogP contribution < -0.4 is 0 Å². The number of hydrogen-bond donors (Lipinski definition) is 0. The molecule has 0 bridgehead atoms. The molecule has 0 saturated carbocycles. The van der Waals surface area contributed by atoms with Gasteiger partial charge in [-0.05, 0) is 48.3 Å². The van der Waals surface area contributed by atoms with Crippen LogP contribution in [0.3, 0.4) is 0 Å². The molecule has 0 saturated heterocycles. The van der Waals surface area contributed by atoms with E-state index in [0.717, 1.165) is 10.2 Å². The Balaban J connectivity index is 2.72. The molecule has 1 atom stereocenters. The molecule has 1 heterocycles. The summed E-state index contributed by atoms with van der Waals surface area (Å²) in [5.74, 6) is 0. The topological polar surface area (TPSA) is 40.6 Å². The quantitative estimate of drug-likeness (QED) is 0.511. The minimum atomic E-state index is -0.241. The lowest BCUT2D eigenvalue weighted by Gasteiger charge is -2.23. The lowest BCUT2D eigenvalue weighted by atomic mass is 10.1. The van der Waals surface area contributed by atoms with E-state index in [1.54, 1.807) is 0 Å². The lowest BCUT2D eigenvalue weighted by Crippen LogP contribution is -2.22. The summed E-state index contributed by atoms with van der Waals surface area (Å²) in [7, 11) is 0. The summed E-state index contributed by atoms with van der Waals surface area (Å²) >= 11 is 3.33. The third-order valence-electron chi connectivity index (χ3n) is 2.60. The van der Waals surface area contributed by atoms with Gasteiger partial charge in [-0.15, -0.1) is 0 Å². The summed E-state index contributed by atoms with van der Waals surface area (Å²) in [6, 6.07) is 3.92. The molecule has 1 aromatic heterocycles. The van der Waals surface area contributed by atoms with Crippen molar-refractivity contribution in [3.8, 4) is 0 Å². The maximum atomic E-state index is 5.78. The van der Waals surface area contributed by atoms with Crippen molar-refractivity contribution in [2.24, 2.45) is 0 Å². The number of ether oxygens (including phenoxy) is 3. The van der Waals surface area contributed by atoms with Crippen LogP contribution in [0, 0.1) is 0 Å². The second kappa shape index (κ2) is 9.42. The van der Waals surface area contributed by atoms with Crippen LogP contribution in [-0.4, -0.2) is 31.1 Å². The number of aromatic nitrogens is 1. The molecule has 0 aliphatic carbocycles. The van der Waals surface area contributed by atoms with Crippen LogP contribution >= 0.6 is 15.9 Å². The molecule has 0 radical (unpaired) electrons. The Kier molecular flexibility index (Phi) is 8.21. The van der Waals surface area contributed by atoms with E-state index < -0.39 is 0 Å². The Labute approximate surface area is 123 Å². The zero-order valence-electron chi connectivity index (χ0n) is 11.8. The van der Waals surface area contributed by atoms with Crippen molar-refractivity contribution in [3.63, 3.8) is 0 Å². The summed E-state index contributed by atoms with van der Waals surface area (Å²) in [4.78, 5) is 4.24. The Morgan fingerprint density at radius 2 is 1.68 bits per heavy atom. The molecule has 0 N–H and O–H groups in total. The highest BCUT2D eigenvalue weighted by Gasteiger charge is 2.19. The van der Waals surface area contributed by atoms with Gasteiger partial charge in [0, 0.05) is 32.4 Å². The van der Waals surface area contributed by atoms with Crippen molar-refractivity contribution in [2.45, 2.75) is 39.6 Å². The highest BCUT2D eigenvalue weighted by molar-refractivity contribution is 9.10. The van der Waals surface area contributed by atoms with Crippen molar-refractivity contribution < 1.29 is 14.2 Å². The van der Waals surface area contributed by atoms with E-state index in [4.69, 9.17) is 14.2 Å². The second-order valence-electron chi connectivity index (χ2n) is 3.93. The Bertz CT molecular complexity index is 339. The van der Waals surface area contributed by atoms with Gasteiger partial charge in [0.05, 0.1) is 6.10 Å². The van der Waals surface area contributed by atoms with E-state index in [1.807, 2.05) is 39.1 Å². The van der Waals surface area contributed by atoms with E-state index in [1.165, 1.54) is 0 Å². The van der Waals surface area contributed by atoms with Gasteiger partial charge in [-0.3, -0.25) is 0 Å². The molecule has 4 nitrogen and oxygen atoms in total. The van der Waals surface area contributed by atoms with Crippen LogP contribution in [0.4, 0.5) is 0 Å². The smallest absolute Gasteiger partial charge is 0.160 e. The van der Waals surface area contributed by atoms with Crippen LogP contribution in [0.5, 0.6) is 0 Å². The first-order valence-electron chi connectivity index (χ1n) is 6.67. The van der Waals surface area contributed by atoms with E-state index in [9.17, 15) is 0 Å². The molecule has 0 spiro atoms. The van der Waals surface area contributed by atoms with Crippen molar-refractivity contribution in [3.05, 3.63) is 28.5 Å². The SMILES string of the molecule is CCOC(CC(OCC)c1ccc(Br)nc1)OCC. The molecule has 0 amide bonds. The number of halogens is 1. The summed E-state index contributed by atoms with van der Waals surface area (Å²) < 4.78 is 17.7. The molecular formula is C14H22BrNO3. The van der Waals surface area contributed by atoms with Gasteiger partial charge < -0.3 is 14.2 Å². The summed E-state index contributed by atoms with van der Waals surface area (Å²) in [6.45, 7) is 7.80. The highest BCUT2D eigenvalue weighted by Crippen LogP contribution is 2.24. The second-order valence-corrected chi connectivity index (χ2v) is 4.75. The average molecular weight is 332 g/mol. The van der Waals surface area contributed by atoms with Crippen LogP contribution in [0.15, 0.2) is 22.9 Å². The minimum absolute atomic E-state index is 0.0614. The zero-order valence-corrected chi connectivity index (χ0v) is 13.4. The normalized spacial score (nSPS) is 12.9. The van der Waals surface area contributed by atoms with Crippen LogP contribution in [-0.2, 0) is 14.2 Å². The molecule has 19 heavy (non-hydrogen) atoms. The largest absolute Gasteiger partial charge is 0.374 e. The monoisotopic (exact) mass is 331 g/mol.